The van der Waals surface area contributed by atoms with Gasteiger partial charge in [-0.05, 0) is 57.9 Å². The van der Waals surface area contributed by atoms with Crippen LogP contribution in [0.3, 0.4) is 0 Å². The van der Waals surface area contributed by atoms with Gasteiger partial charge in [0.1, 0.15) is 18.0 Å². The summed E-state index contributed by atoms with van der Waals surface area (Å²) in [6.07, 6.45) is 8.54. The number of piperazine rings is 1. The first-order valence-corrected chi connectivity index (χ1v) is 13.0. The molecule has 5 heterocycles. The molecule has 0 atom stereocenters. The molecule has 2 aliphatic rings. The molecule has 1 aliphatic carbocycles. The second-order valence-corrected chi connectivity index (χ2v) is 10.2. The smallest absolute Gasteiger partial charge is 0.241 e. The van der Waals surface area contributed by atoms with E-state index in [1.807, 2.05) is 46.6 Å². The van der Waals surface area contributed by atoms with Gasteiger partial charge in [-0.1, -0.05) is 0 Å². The number of hydrogen-bond acceptors (Lipinski definition) is 7. The van der Waals surface area contributed by atoms with Gasteiger partial charge >= 0.3 is 0 Å². The van der Waals surface area contributed by atoms with Crippen LogP contribution in [-0.4, -0.2) is 90.9 Å². The number of imidazole rings is 1. The lowest BCUT2D eigenvalue weighted by Crippen LogP contribution is -2.50. The molecule has 0 spiro atoms. The molecule has 0 bridgehead atoms. The lowest BCUT2D eigenvalue weighted by Gasteiger charge is -2.41. The van der Waals surface area contributed by atoms with E-state index in [9.17, 15) is 4.39 Å². The number of alkyl halides is 1. The summed E-state index contributed by atoms with van der Waals surface area (Å²) in [4.78, 5) is 19.1. The van der Waals surface area contributed by atoms with E-state index in [-0.39, 0.29) is 6.54 Å². The van der Waals surface area contributed by atoms with Crippen molar-refractivity contribution in [1.29, 1.82) is 0 Å². The van der Waals surface area contributed by atoms with Crippen molar-refractivity contribution in [3.05, 3.63) is 36.4 Å². The number of nitrogens with zero attached hydrogens (tertiary/aromatic N) is 8. The molecule has 0 aromatic carbocycles. The number of likely N-dealkylation sites (N-methyl/N-ethyl adjacent to an activating group) is 1. The summed E-state index contributed by atoms with van der Waals surface area (Å²) in [5.74, 6) is 1.43. The van der Waals surface area contributed by atoms with Crippen LogP contribution in [0.25, 0.3) is 27.9 Å². The molecule has 6 rings (SSSR count). The Labute approximate surface area is 210 Å². The number of rotatable bonds is 6. The second kappa shape index (κ2) is 9.74. The molecule has 1 aliphatic heterocycles. The van der Waals surface area contributed by atoms with Crippen LogP contribution in [0.5, 0.6) is 0 Å². The van der Waals surface area contributed by atoms with Gasteiger partial charge in [-0.15, -0.1) is 5.10 Å². The SMILES string of the molecule is Cc1nc2ccc(-c3ccn4nc(NC5CCC(N6CCN(C)CC6)CC5)ncc34)nc2n1CCF. The minimum absolute atomic E-state index is 0.255. The first kappa shape index (κ1) is 23.3. The molecule has 36 heavy (non-hydrogen) atoms. The first-order valence-electron chi connectivity index (χ1n) is 13.0. The monoisotopic (exact) mass is 491 g/mol. The highest BCUT2D eigenvalue weighted by atomic mass is 19.1. The third-order valence-electron chi connectivity index (χ3n) is 7.87. The van der Waals surface area contributed by atoms with Crippen LogP contribution < -0.4 is 5.32 Å². The summed E-state index contributed by atoms with van der Waals surface area (Å²) in [6.45, 7) is 6.42. The molecule has 0 radical (unpaired) electrons. The van der Waals surface area contributed by atoms with E-state index >= 15 is 0 Å². The molecule has 1 saturated carbocycles. The number of aromatic nitrogens is 6. The van der Waals surface area contributed by atoms with Crippen LogP contribution in [0.2, 0.25) is 0 Å². The number of anilines is 1. The Morgan fingerprint density at radius 3 is 2.61 bits per heavy atom. The number of aryl methyl sites for hydroxylation is 2. The Balaban J connectivity index is 1.15. The van der Waals surface area contributed by atoms with Crippen molar-refractivity contribution in [2.45, 2.75) is 51.2 Å². The van der Waals surface area contributed by atoms with Gasteiger partial charge in [-0.25, -0.2) is 23.9 Å². The lowest BCUT2D eigenvalue weighted by molar-refractivity contribution is 0.0893. The van der Waals surface area contributed by atoms with Crippen LogP contribution in [0.15, 0.2) is 30.6 Å². The van der Waals surface area contributed by atoms with Gasteiger partial charge in [0.25, 0.3) is 0 Å². The second-order valence-electron chi connectivity index (χ2n) is 10.2. The highest BCUT2D eigenvalue weighted by Crippen LogP contribution is 2.28. The molecule has 9 nitrogen and oxygen atoms in total. The molecule has 4 aromatic rings. The highest BCUT2D eigenvalue weighted by Gasteiger charge is 2.28. The average molecular weight is 492 g/mol. The van der Waals surface area contributed by atoms with Crippen LogP contribution in [0.4, 0.5) is 10.3 Å². The summed E-state index contributed by atoms with van der Waals surface area (Å²) in [5.41, 5.74) is 4.12. The fourth-order valence-electron chi connectivity index (χ4n) is 5.76. The summed E-state index contributed by atoms with van der Waals surface area (Å²) in [5, 5.41) is 8.30. The van der Waals surface area contributed by atoms with E-state index in [4.69, 9.17) is 10.1 Å². The molecule has 1 saturated heterocycles. The van der Waals surface area contributed by atoms with Crippen molar-refractivity contribution in [2.75, 3.05) is 45.2 Å². The fraction of sp³-hybridized carbons (Fsp3) is 0.538. The van der Waals surface area contributed by atoms with Crippen molar-refractivity contribution in [3.8, 4) is 11.3 Å². The van der Waals surface area contributed by atoms with Crippen LogP contribution in [0, 0.1) is 6.92 Å². The maximum atomic E-state index is 13.1. The number of halogens is 1. The largest absolute Gasteiger partial charge is 0.350 e. The zero-order chi connectivity index (χ0) is 24.6. The average Bonchev–Trinajstić information content (AvgIpc) is 3.45. The van der Waals surface area contributed by atoms with E-state index in [0.29, 0.717) is 23.7 Å². The van der Waals surface area contributed by atoms with Gasteiger partial charge in [0, 0.05) is 50.0 Å². The number of hydrogen-bond donors (Lipinski definition) is 1. The Morgan fingerprint density at radius 1 is 1.03 bits per heavy atom. The Hall–Kier alpha value is -3.11. The van der Waals surface area contributed by atoms with Gasteiger partial charge in [-0.3, -0.25) is 4.90 Å². The molecule has 4 aromatic heterocycles. The third kappa shape index (κ3) is 4.43. The standard InChI is InChI=1S/C26H34FN9/c1-18-29-23-8-7-22(31-25(23)35(18)12-10-27)21-9-11-36-24(21)17-28-26(32-36)30-19-3-5-20(6-4-19)34-15-13-33(2)14-16-34/h7-9,11,17,19-20H,3-6,10,12-16H2,1-2H3,(H,30,32). The van der Waals surface area contributed by atoms with E-state index in [0.717, 1.165) is 41.0 Å². The third-order valence-corrected chi connectivity index (χ3v) is 7.87. The molecule has 2 fully saturated rings. The van der Waals surface area contributed by atoms with Crippen molar-refractivity contribution in [2.24, 2.45) is 0 Å². The molecule has 1 N–H and O–H groups in total. The minimum atomic E-state index is -0.450. The number of nitrogens with one attached hydrogen (secondary N) is 1. The molecular weight excluding hydrogens is 457 g/mol. The van der Waals surface area contributed by atoms with Crippen molar-refractivity contribution in [1.82, 2.24) is 38.9 Å². The number of fused-ring (bicyclic) bond motifs is 2. The summed E-state index contributed by atoms with van der Waals surface area (Å²) in [7, 11) is 2.21. The summed E-state index contributed by atoms with van der Waals surface area (Å²) >= 11 is 0. The Bertz CT molecular complexity index is 1350. The van der Waals surface area contributed by atoms with Crippen LogP contribution >= 0.6 is 0 Å². The normalized spacial score (nSPS) is 22.0. The van der Waals surface area contributed by atoms with Crippen molar-refractivity contribution < 1.29 is 4.39 Å². The molecule has 10 heteroatoms. The molecule has 190 valence electrons. The Kier molecular flexibility index (Phi) is 6.30. The van der Waals surface area contributed by atoms with E-state index in [2.05, 4.69) is 32.1 Å². The fourth-order valence-corrected chi connectivity index (χ4v) is 5.76. The van der Waals surface area contributed by atoms with Gasteiger partial charge < -0.3 is 14.8 Å². The van der Waals surface area contributed by atoms with E-state index in [1.54, 1.807) is 0 Å². The molecule has 0 amide bonds. The molecule has 0 unspecified atom stereocenters. The quantitative estimate of drug-likeness (QED) is 0.443. The predicted octanol–water partition coefficient (Wildman–Crippen LogP) is 3.39. The van der Waals surface area contributed by atoms with Gasteiger partial charge in [-0.2, -0.15) is 0 Å². The predicted molar refractivity (Wildman–Crippen MR) is 139 cm³/mol. The van der Waals surface area contributed by atoms with Crippen molar-refractivity contribution in [3.63, 3.8) is 0 Å². The van der Waals surface area contributed by atoms with Gasteiger partial charge in [0.05, 0.1) is 24.0 Å². The summed E-state index contributed by atoms with van der Waals surface area (Å²) in [6, 6.07) is 7.02. The topological polar surface area (TPSA) is 79.4 Å². The van der Waals surface area contributed by atoms with E-state index < -0.39 is 6.67 Å². The maximum absolute atomic E-state index is 13.1. The minimum Gasteiger partial charge on any atom is -0.350 e. The lowest BCUT2D eigenvalue weighted by atomic mass is 9.90. The zero-order valence-electron chi connectivity index (χ0n) is 21.1. The Morgan fingerprint density at radius 2 is 1.83 bits per heavy atom. The van der Waals surface area contributed by atoms with E-state index in [1.165, 1.54) is 39.0 Å². The molecular formula is C26H34FN9. The van der Waals surface area contributed by atoms with Crippen LogP contribution in [-0.2, 0) is 6.54 Å². The van der Waals surface area contributed by atoms with Gasteiger partial charge in [0.2, 0.25) is 5.95 Å². The summed E-state index contributed by atoms with van der Waals surface area (Å²) < 4.78 is 16.7. The number of pyridine rings is 1. The first-order chi connectivity index (χ1) is 17.6. The van der Waals surface area contributed by atoms with Crippen molar-refractivity contribution >= 4 is 22.6 Å². The van der Waals surface area contributed by atoms with Crippen LogP contribution in [0.1, 0.15) is 31.5 Å². The zero-order valence-corrected chi connectivity index (χ0v) is 21.1. The van der Waals surface area contributed by atoms with Gasteiger partial charge in [0.15, 0.2) is 5.65 Å². The highest BCUT2D eigenvalue weighted by molar-refractivity contribution is 5.82. The maximum Gasteiger partial charge on any atom is 0.241 e.